The summed E-state index contributed by atoms with van der Waals surface area (Å²) in [7, 11) is 0. The van der Waals surface area contributed by atoms with E-state index in [0.717, 1.165) is 3.63 Å². The van der Waals surface area contributed by atoms with Gasteiger partial charge >= 0.3 is 141 Å². The Bertz CT molecular complexity index is 890. The molecule has 0 saturated heterocycles. The minimum atomic E-state index is -1.59. The molecular formula is C20H20Cl2SiZr. The molecule has 4 heteroatoms. The summed E-state index contributed by atoms with van der Waals surface area (Å²) in [5.74, 6) is 0. The third-order valence-electron chi connectivity index (χ3n) is 4.76. The third kappa shape index (κ3) is 3.44. The van der Waals surface area contributed by atoms with Crippen LogP contribution in [0.2, 0.25) is 13.1 Å². The standard InChI is InChI=1S/C13H9.C5H5.C2H6Si.2ClH.Zr/c1-2-6-12-10(4-1)8-9-11-5-3-7-13(11)12;1-2-4-5-3-1;1-3-2;;;/h1-9H;1-3H,4H2;1-2H3;2*1H;/q;;;;;+2/p-2. The van der Waals surface area contributed by atoms with Crippen LogP contribution in [-0.2, 0) is 20.4 Å². The van der Waals surface area contributed by atoms with Crippen LogP contribution < -0.4 is 24.8 Å². The molecule has 0 spiro atoms. The molecular weight excluding hydrogens is 430 g/mol. The smallest absolute Gasteiger partial charge is 1.00 e. The van der Waals surface area contributed by atoms with Gasteiger partial charge in [-0.3, -0.25) is 0 Å². The second-order valence-corrected chi connectivity index (χ2v) is 24.1. The maximum Gasteiger partial charge on any atom is -1.00 e. The van der Waals surface area contributed by atoms with Crippen LogP contribution in [0.15, 0.2) is 64.0 Å². The first-order chi connectivity index (χ1) is 10.8. The molecule has 0 nitrogen and oxygen atoms in total. The monoisotopic (exact) mass is 448 g/mol. The Kier molecular flexibility index (Phi) is 6.90. The second kappa shape index (κ2) is 8.32. The molecule has 122 valence electrons. The van der Waals surface area contributed by atoms with Crippen molar-refractivity contribution in [1.82, 2.24) is 0 Å². The summed E-state index contributed by atoms with van der Waals surface area (Å²) in [5.41, 5.74) is 2.92. The maximum atomic E-state index is 2.55. The van der Waals surface area contributed by atoms with Gasteiger partial charge < -0.3 is 24.8 Å². The number of benzene rings is 2. The molecule has 1 unspecified atom stereocenters. The molecule has 0 heterocycles. The minimum Gasteiger partial charge on any atom is -1.00 e. The van der Waals surface area contributed by atoms with Gasteiger partial charge in [0, 0.05) is 0 Å². The summed E-state index contributed by atoms with van der Waals surface area (Å²) >= 11 is -1.59. The average Bonchev–Trinajstić information content (AvgIpc) is 3.18. The van der Waals surface area contributed by atoms with Crippen LogP contribution in [0, 0.1) is 0 Å². The summed E-state index contributed by atoms with van der Waals surface area (Å²) in [6.45, 7) is 5.09. The van der Waals surface area contributed by atoms with E-state index in [4.69, 9.17) is 0 Å². The van der Waals surface area contributed by atoms with Gasteiger partial charge in [-0.05, 0) is 0 Å². The van der Waals surface area contributed by atoms with Crippen LogP contribution in [0.25, 0.3) is 16.8 Å². The van der Waals surface area contributed by atoms with Gasteiger partial charge in [0.25, 0.3) is 0 Å². The van der Waals surface area contributed by atoms with E-state index in [9.17, 15) is 0 Å². The number of hydrogen-bond acceptors (Lipinski definition) is 0. The van der Waals surface area contributed by atoms with Gasteiger partial charge in [0.05, 0.1) is 0 Å². The van der Waals surface area contributed by atoms with E-state index in [1.54, 1.807) is 5.56 Å². The first kappa shape index (κ1) is 19.9. The van der Waals surface area contributed by atoms with Crippen LogP contribution in [0.4, 0.5) is 0 Å². The van der Waals surface area contributed by atoms with Crippen molar-refractivity contribution in [2.75, 3.05) is 0 Å². The van der Waals surface area contributed by atoms with E-state index >= 15 is 0 Å². The van der Waals surface area contributed by atoms with Crippen LogP contribution in [0.5, 0.6) is 0 Å². The molecule has 0 bridgehead atoms. The van der Waals surface area contributed by atoms with Crippen molar-refractivity contribution in [3.05, 3.63) is 75.1 Å². The van der Waals surface area contributed by atoms with E-state index in [1.165, 1.54) is 22.8 Å². The Morgan fingerprint density at radius 3 is 2.54 bits per heavy atom. The molecule has 0 N–H and O–H groups in total. The summed E-state index contributed by atoms with van der Waals surface area (Å²) < 4.78 is 2.59. The van der Waals surface area contributed by atoms with Gasteiger partial charge in [-0.15, -0.1) is 0 Å². The van der Waals surface area contributed by atoms with E-state index in [-0.39, 0.29) is 30.2 Å². The summed E-state index contributed by atoms with van der Waals surface area (Å²) in [5, 5.41) is 2.80. The average molecular weight is 451 g/mol. The Balaban J connectivity index is 0.00000104. The first-order valence-electron chi connectivity index (χ1n) is 7.99. The second-order valence-electron chi connectivity index (χ2n) is 6.36. The van der Waals surface area contributed by atoms with Crippen molar-refractivity contribution in [2.24, 2.45) is 0 Å². The fourth-order valence-corrected chi connectivity index (χ4v) is 21.6. The van der Waals surface area contributed by atoms with Crippen molar-refractivity contribution in [3.8, 4) is 0 Å². The SMILES string of the molecule is C[Si](C)=[Zr+2]([C]1=CC=CC1)[CH]1C=Cc2c1ccc1ccccc21.[Cl-].[Cl-]. The fourth-order valence-electron chi connectivity index (χ4n) is 3.80. The topological polar surface area (TPSA) is 0 Å². The minimum absolute atomic E-state index is 0. The van der Waals surface area contributed by atoms with Crippen molar-refractivity contribution < 1.29 is 45.2 Å². The molecule has 2 aliphatic rings. The summed E-state index contributed by atoms with van der Waals surface area (Å²) in [4.78, 5) is 0. The summed E-state index contributed by atoms with van der Waals surface area (Å²) in [6, 6.07) is 13.6. The molecule has 0 aromatic heterocycles. The number of hydrogen-bond donors (Lipinski definition) is 0. The van der Waals surface area contributed by atoms with Gasteiger partial charge in [-0.1, -0.05) is 0 Å². The Hall–Kier alpha value is -0.400. The first-order valence-corrected chi connectivity index (χ1v) is 16.8. The fraction of sp³-hybridized carbons (Fsp3) is 0.200. The van der Waals surface area contributed by atoms with Crippen molar-refractivity contribution >= 4 is 22.3 Å². The van der Waals surface area contributed by atoms with Gasteiger partial charge in [0.15, 0.2) is 0 Å². The van der Waals surface area contributed by atoms with Crippen LogP contribution in [0.3, 0.4) is 0 Å². The van der Waals surface area contributed by atoms with E-state index < -0.39 is 20.4 Å². The van der Waals surface area contributed by atoms with Crippen molar-refractivity contribution in [2.45, 2.75) is 23.1 Å². The van der Waals surface area contributed by atoms with Crippen LogP contribution in [-0.4, -0.2) is 5.43 Å². The Morgan fingerprint density at radius 2 is 1.83 bits per heavy atom. The molecule has 1 atom stereocenters. The zero-order chi connectivity index (χ0) is 15.1. The molecule has 4 rings (SSSR count). The predicted octanol–water partition coefficient (Wildman–Crippen LogP) is -0.371. The van der Waals surface area contributed by atoms with Gasteiger partial charge in [0.2, 0.25) is 0 Å². The molecule has 2 aromatic rings. The number of allylic oxidation sites excluding steroid dienone is 5. The third-order valence-corrected chi connectivity index (χ3v) is 22.9. The maximum absolute atomic E-state index is 2.55. The zero-order valence-corrected chi connectivity index (χ0v) is 18.9. The normalized spacial score (nSPS) is 16.7. The summed E-state index contributed by atoms with van der Waals surface area (Å²) in [6.07, 6.45) is 13.3. The molecule has 0 radical (unpaired) electrons. The quantitative estimate of drug-likeness (QED) is 0.548. The van der Waals surface area contributed by atoms with Crippen LogP contribution in [0.1, 0.15) is 21.2 Å². The predicted molar refractivity (Wildman–Crippen MR) is 95.0 cm³/mol. The molecule has 0 saturated carbocycles. The van der Waals surface area contributed by atoms with Gasteiger partial charge in [-0.25, -0.2) is 0 Å². The largest absolute Gasteiger partial charge is 1.00 e. The van der Waals surface area contributed by atoms with Crippen LogP contribution >= 0.6 is 0 Å². The van der Waals surface area contributed by atoms with E-state index in [2.05, 4.69) is 79.9 Å². The Labute approximate surface area is 164 Å². The van der Waals surface area contributed by atoms with Crippen molar-refractivity contribution in [1.29, 1.82) is 0 Å². The van der Waals surface area contributed by atoms with E-state index in [0.29, 0.717) is 0 Å². The molecule has 0 fully saturated rings. The number of halogens is 2. The zero-order valence-electron chi connectivity index (χ0n) is 13.9. The molecule has 0 aliphatic heterocycles. The number of rotatable bonds is 2. The molecule has 2 aliphatic carbocycles. The van der Waals surface area contributed by atoms with E-state index in [1.807, 2.05) is 3.28 Å². The number of fused-ring (bicyclic) bond motifs is 3. The molecule has 2 aromatic carbocycles. The Morgan fingerprint density at radius 1 is 1.04 bits per heavy atom. The van der Waals surface area contributed by atoms with Gasteiger partial charge in [0.1, 0.15) is 0 Å². The van der Waals surface area contributed by atoms with Crippen molar-refractivity contribution in [3.63, 3.8) is 0 Å². The molecule has 0 amide bonds. The molecule has 24 heavy (non-hydrogen) atoms. The van der Waals surface area contributed by atoms with Gasteiger partial charge in [-0.2, -0.15) is 0 Å².